The minimum absolute atomic E-state index is 0.0704. The molecular formula is C14H20N2O4. The largest absolute Gasteiger partial charge is 0.466 e. The minimum atomic E-state index is -0.402. The summed E-state index contributed by atoms with van der Waals surface area (Å²) in [5, 5.41) is 13.9. The van der Waals surface area contributed by atoms with Crippen molar-refractivity contribution in [2.75, 3.05) is 18.5 Å². The Morgan fingerprint density at radius 1 is 1.40 bits per heavy atom. The number of ether oxygens (including phenoxy) is 1. The molecule has 0 radical (unpaired) electrons. The van der Waals surface area contributed by atoms with Gasteiger partial charge >= 0.3 is 5.97 Å². The second-order valence-corrected chi connectivity index (χ2v) is 4.47. The van der Waals surface area contributed by atoms with E-state index in [1.165, 1.54) is 6.07 Å². The van der Waals surface area contributed by atoms with E-state index >= 15 is 0 Å². The zero-order chi connectivity index (χ0) is 15.0. The molecule has 0 fully saturated rings. The highest BCUT2D eigenvalue weighted by Crippen LogP contribution is 2.25. The normalized spacial score (nSPS) is 10.1. The second kappa shape index (κ2) is 8.14. The van der Waals surface area contributed by atoms with Crippen LogP contribution in [0, 0.1) is 17.0 Å². The molecule has 0 aliphatic rings. The van der Waals surface area contributed by atoms with Gasteiger partial charge in [-0.1, -0.05) is 6.07 Å². The molecule has 0 amide bonds. The number of unbranched alkanes of at least 4 members (excludes halogenated alkanes) is 1. The Bertz CT molecular complexity index is 474. The number of hydrogen-bond acceptors (Lipinski definition) is 5. The summed E-state index contributed by atoms with van der Waals surface area (Å²) in [5.74, 6) is -0.200. The molecule has 1 aromatic carbocycles. The zero-order valence-electron chi connectivity index (χ0n) is 11.8. The Morgan fingerprint density at radius 3 is 2.80 bits per heavy atom. The van der Waals surface area contributed by atoms with Crippen LogP contribution in [0.4, 0.5) is 11.4 Å². The topological polar surface area (TPSA) is 81.5 Å². The van der Waals surface area contributed by atoms with Crippen molar-refractivity contribution < 1.29 is 14.5 Å². The van der Waals surface area contributed by atoms with Crippen LogP contribution in [0.5, 0.6) is 0 Å². The van der Waals surface area contributed by atoms with Crippen molar-refractivity contribution in [1.29, 1.82) is 0 Å². The molecule has 6 heteroatoms. The van der Waals surface area contributed by atoms with Crippen molar-refractivity contribution in [3.8, 4) is 0 Å². The van der Waals surface area contributed by atoms with Gasteiger partial charge in [-0.2, -0.15) is 0 Å². The van der Waals surface area contributed by atoms with Gasteiger partial charge in [-0.15, -0.1) is 0 Å². The Morgan fingerprint density at radius 2 is 2.15 bits per heavy atom. The Kier molecular flexibility index (Phi) is 6.49. The molecule has 0 aliphatic carbocycles. The lowest BCUT2D eigenvalue weighted by atomic mass is 10.2. The number of nitro benzene ring substituents is 1. The van der Waals surface area contributed by atoms with Gasteiger partial charge in [0.15, 0.2) is 0 Å². The van der Waals surface area contributed by atoms with Crippen molar-refractivity contribution in [2.24, 2.45) is 0 Å². The van der Waals surface area contributed by atoms with Gasteiger partial charge in [0.2, 0.25) is 0 Å². The second-order valence-electron chi connectivity index (χ2n) is 4.47. The van der Waals surface area contributed by atoms with Crippen molar-refractivity contribution in [1.82, 2.24) is 0 Å². The van der Waals surface area contributed by atoms with E-state index in [-0.39, 0.29) is 11.7 Å². The number of nitrogens with one attached hydrogen (secondary N) is 1. The van der Waals surface area contributed by atoms with E-state index < -0.39 is 4.92 Å². The number of aryl methyl sites for hydroxylation is 1. The van der Waals surface area contributed by atoms with Crippen LogP contribution >= 0.6 is 0 Å². The van der Waals surface area contributed by atoms with Crippen molar-refractivity contribution >= 4 is 17.3 Å². The van der Waals surface area contributed by atoms with Gasteiger partial charge in [0.05, 0.1) is 11.5 Å². The first-order valence-electron chi connectivity index (χ1n) is 6.69. The first-order valence-corrected chi connectivity index (χ1v) is 6.69. The lowest BCUT2D eigenvalue weighted by Crippen LogP contribution is -2.07. The maximum atomic E-state index is 11.1. The van der Waals surface area contributed by atoms with Crippen LogP contribution in [0.15, 0.2) is 18.2 Å². The number of hydrogen-bond donors (Lipinski definition) is 1. The van der Waals surface area contributed by atoms with Crippen molar-refractivity contribution in [3.05, 3.63) is 33.9 Å². The molecular weight excluding hydrogens is 260 g/mol. The molecule has 0 atom stereocenters. The number of nitrogens with zero attached hydrogens (tertiary/aromatic N) is 1. The van der Waals surface area contributed by atoms with E-state index in [0.29, 0.717) is 31.7 Å². The van der Waals surface area contributed by atoms with Gasteiger partial charge in [0, 0.05) is 19.0 Å². The quantitative estimate of drug-likeness (QED) is 0.342. The molecule has 1 N–H and O–H groups in total. The van der Waals surface area contributed by atoms with Gasteiger partial charge in [-0.25, -0.2) is 0 Å². The molecule has 0 aliphatic heterocycles. The Balaban J connectivity index is 2.40. The van der Waals surface area contributed by atoms with Crippen LogP contribution in [0.1, 0.15) is 31.7 Å². The molecule has 0 saturated heterocycles. The molecule has 6 nitrogen and oxygen atoms in total. The summed E-state index contributed by atoms with van der Waals surface area (Å²) in [6.45, 7) is 4.64. The van der Waals surface area contributed by atoms with Crippen LogP contribution in [-0.4, -0.2) is 24.0 Å². The molecule has 1 aromatic rings. The lowest BCUT2D eigenvalue weighted by molar-refractivity contribution is -0.384. The molecule has 110 valence electrons. The summed E-state index contributed by atoms with van der Waals surface area (Å²) in [5.41, 5.74) is 1.55. The third-order valence-corrected chi connectivity index (χ3v) is 2.78. The van der Waals surface area contributed by atoms with Gasteiger partial charge < -0.3 is 10.1 Å². The highest BCUT2D eigenvalue weighted by atomic mass is 16.6. The predicted molar refractivity (Wildman–Crippen MR) is 76.8 cm³/mol. The number of anilines is 1. The number of nitro groups is 1. The highest BCUT2D eigenvalue weighted by molar-refractivity contribution is 5.69. The third kappa shape index (κ3) is 5.26. The molecule has 0 unspecified atom stereocenters. The monoisotopic (exact) mass is 280 g/mol. The molecule has 1 rings (SSSR count). The van der Waals surface area contributed by atoms with Crippen LogP contribution in [-0.2, 0) is 9.53 Å². The summed E-state index contributed by atoms with van der Waals surface area (Å²) in [7, 11) is 0. The first kappa shape index (κ1) is 15.9. The fourth-order valence-corrected chi connectivity index (χ4v) is 1.80. The van der Waals surface area contributed by atoms with Crippen LogP contribution in [0.2, 0.25) is 0 Å². The number of carbonyl (C=O) groups excluding carboxylic acids is 1. The van der Waals surface area contributed by atoms with E-state index in [2.05, 4.69) is 5.32 Å². The fraction of sp³-hybridized carbons (Fsp3) is 0.500. The van der Waals surface area contributed by atoms with E-state index in [4.69, 9.17) is 4.74 Å². The number of carbonyl (C=O) groups is 1. The average Bonchev–Trinajstić information content (AvgIpc) is 2.38. The van der Waals surface area contributed by atoms with Gasteiger partial charge in [-0.3, -0.25) is 14.9 Å². The summed E-state index contributed by atoms with van der Waals surface area (Å²) in [6, 6.07) is 4.96. The minimum Gasteiger partial charge on any atom is -0.466 e. The molecule has 0 bridgehead atoms. The SMILES string of the molecule is CCOC(=O)CCCCNc1cc(C)ccc1[N+](=O)[O-]. The van der Waals surface area contributed by atoms with E-state index in [1.54, 1.807) is 19.1 Å². The van der Waals surface area contributed by atoms with Gasteiger partial charge in [0.1, 0.15) is 5.69 Å². The number of esters is 1. The van der Waals surface area contributed by atoms with Gasteiger partial charge in [-0.05, 0) is 38.3 Å². The molecule has 0 heterocycles. The highest BCUT2D eigenvalue weighted by Gasteiger charge is 2.12. The van der Waals surface area contributed by atoms with Crippen LogP contribution < -0.4 is 5.32 Å². The molecule has 20 heavy (non-hydrogen) atoms. The predicted octanol–water partition coefficient (Wildman–Crippen LogP) is 3.05. The van der Waals surface area contributed by atoms with E-state index in [0.717, 1.165) is 12.0 Å². The summed E-state index contributed by atoms with van der Waals surface area (Å²) in [4.78, 5) is 21.6. The fourth-order valence-electron chi connectivity index (χ4n) is 1.80. The Labute approximate surface area is 118 Å². The number of rotatable bonds is 8. The van der Waals surface area contributed by atoms with E-state index in [9.17, 15) is 14.9 Å². The maximum absolute atomic E-state index is 11.1. The third-order valence-electron chi connectivity index (χ3n) is 2.78. The van der Waals surface area contributed by atoms with Gasteiger partial charge in [0.25, 0.3) is 5.69 Å². The summed E-state index contributed by atoms with van der Waals surface area (Å²) in [6.07, 6.45) is 1.83. The lowest BCUT2D eigenvalue weighted by Gasteiger charge is -2.08. The first-order chi connectivity index (χ1) is 9.54. The number of benzene rings is 1. The molecule has 0 spiro atoms. The average molecular weight is 280 g/mol. The maximum Gasteiger partial charge on any atom is 0.305 e. The molecule has 0 aromatic heterocycles. The standard InChI is InChI=1S/C14H20N2O4/c1-3-20-14(17)6-4-5-9-15-12-10-11(2)7-8-13(12)16(18)19/h7-8,10,15H,3-6,9H2,1-2H3. The van der Waals surface area contributed by atoms with E-state index in [1.807, 2.05) is 6.92 Å². The zero-order valence-corrected chi connectivity index (χ0v) is 11.8. The smallest absolute Gasteiger partial charge is 0.305 e. The summed E-state index contributed by atoms with van der Waals surface area (Å²) < 4.78 is 4.82. The van der Waals surface area contributed by atoms with Crippen molar-refractivity contribution in [3.63, 3.8) is 0 Å². The summed E-state index contributed by atoms with van der Waals surface area (Å²) >= 11 is 0. The van der Waals surface area contributed by atoms with Crippen LogP contribution in [0.3, 0.4) is 0 Å². The Hall–Kier alpha value is -2.11. The van der Waals surface area contributed by atoms with Crippen LogP contribution in [0.25, 0.3) is 0 Å². The molecule has 0 saturated carbocycles. The van der Waals surface area contributed by atoms with Crippen molar-refractivity contribution in [2.45, 2.75) is 33.1 Å².